The molecule has 0 fully saturated rings. The van der Waals surface area contributed by atoms with Crippen LogP contribution in [-0.2, 0) is 14.3 Å². The third-order valence-corrected chi connectivity index (χ3v) is 19.0. The Bertz CT molecular complexity index is 1360. The van der Waals surface area contributed by atoms with Crippen molar-refractivity contribution in [3.63, 3.8) is 0 Å². The molecule has 0 aromatic heterocycles. The summed E-state index contributed by atoms with van der Waals surface area (Å²) < 4.78 is 5.52. The standard InChI is InChI=1S/C81H157NO5/c1-3-5-7-9-11-13-15-17-19-21-37-41-45-49-53-57-61-65-69-73-79(84)78(77-83)82-80(85)74-70-66-62-58-54-50-46-42-39-35-33-31-29-27-25-23-24-26-28-30-32-34-36-40-44-48-52-56-60-64-68-72-76-87-81(86)75-71-67-63-59-55-51-47-43-38-22-20-18-16-14-12-10-8-6-4-2/h12,14,18,20,78-79,83-84H,3-11,13,15-17,19,21-77H2,1-2H3,(H,82,85)/b14-12-,20-18-. The molecule has 0 aromatic carbocycles. The summed E-state index contributed by atoms with van der Waals surface area (Å²) in [5, 5.41) is 23.4. The van der Waals surface area contributed by atoms with Crippen LogP contribution >= 0.6 is 0 Å². The van der Waals surface area contributed by atoms with Crippen molar-refractivity contribution >= 4 is 11.9 Å². The zero-order valence-corrected chi connectivity index (χ0v) is 59.3. The number of aliphatic hydroxyl groups excluding tert-OH is 2. The van der Waals surface area contributed by atoms with E-state index in [-0.39, 0.29) is 18.5 Å². The minimum Gasteiger partial charge on any atom is -0.466 e. The fraction of sp³-hybridized carbons (Fsp3) is 0.926. The van der Waals surface area contributed by atoms with Crippen molar-refractivity contribution in [1.29, 1.82) is 0 Å². The lowest BCUT2D eigenvalue weighted by Crippen LogP contribution is -2.45. The SMILES string of the molecule is CCCCC/C=C\C/C=C\CCCCCCCCCCCC(=O)OCCCCCCCCCCCCCCCCCCCCCCCCCCCCCCCCCCC(=O)NC(CO)C(O)CCCCCCCCCCCCCCCCCCCCC. The van der Waals surface area contributed by atoms with Gasteiger partial charge in [-0.05, 0) is 57.8 Å². The molecule has 1 amide bonds. The zero-order chi connectivity index (χ0) is 62.8. The molecule has 0 rings (SSSR count). The number of nitrogens with one attached hydrogen (secondary N) is 1. The average Bonchev–Trinajstić information content (AvgIpc) is 3.54. The first-order valence-electron chi connectivity index (χ1n) is 40.1. The number of aliphatic hydroxyl groups is 2. The molecule has 6 heteroatoms. The van der Waals surface area contributed by atoms with Crippen LogP contribution in [-0.4, -0.2) is 47.4 Å². The Kier molecular flexibility index (Phi) is 75.3. The Hall–Kier alpha value is -1.66. The number of ether oxygens (including phenoxy) is 1. The van der Waals surface area contributed by atoms with Crippen LogP contribution in [0.1, 0.15) is 457 Å². The summed E-state index contributed by atoms with van der Waals surface area (Å²) in [5.74, 6) is -0.00698. The van der Waals surface area contributed by atoms with Crippen LogP contribution in [0.4, 0.5) is 0 Å². The quantitative estimate of drug-likeness (QED) is 0.0320. The van der Waals surface area contributed by atoms with E-state index in [4.69, 9.17) is 4.74 Å². The van der Waals surface area contributed by atoms with Gasteiger partial charge in [0.2, 0.25) is 5.91 Å². The zero-order valence-electron chi connectivity index (χ0n) is 59.3. The minimum absolute atomic E-state index is 0.0185. The molecule has 0 saturated heterocycles. The van der Waals surface area contributed by atoms with E-state index in [1.807, 2.05) is 0 Å². The number of amides is 1. The van der Waals surface area contributed by atoms with Gasteiger partial charge in [0.25, 0.3) is 0 Å². The largest absolute Gasteiger partial charge is 0.466 e. The van der Waals surface area contributed by atoms with Gasteiger partial charge < -0.3 is 20.3 Å². The summed E-state index contributed by atoms with van der Waals surface area (Å²) in [5.41, 5.74) is 0. The average molecular weight is 1230 g/mol. The molecule has 0 bridgehead atoms. The second kappa shape index (κ2) is 76.8. The first kappa shape index (κ1) is 85.3. The van der Waals surface area contributed by atoms with Gasteiger partial charge in [0.15, 0.2) is 0 Å². The number of esters is 1. The lowest BCUT2D eigenvalue weighted by Gasteiger charge is -2.22. The monoisotopic (exact) mass is 1220 g/mol. The summed E-state index contributed by atoms with van der Waals surface area (Å²) in [6, 6.07) is -0.538. The van der Waals surface area contributed by atoms with Crippen molar-refractivity contribution in [2.24, 2.45) is 0 Å². The van der Waals surface area contributed by atoms with Gasteiger partial charge in [-0.3, -0.25) is 9.59 Å². The van der Waals surface area contributed by atoms with Crippen molar-refractivity contribution in [2.45, 2.75) is 469 Å². The Morgan fingerprint density at radius 1 is 0.322 bits per heavy atom. The fourth-order valence-corrected chi connectivity index (χ4v) is 12.9. The molecule has 0 spiro atoms. The fourth-order valence-electron chi connectivity index (χ4n) is 12.9. The summed E-state index contributed by atoms with van der Waals surface area (Å²) >= 11 is 0. The lowest BCUT2D eigenvalue weighted by molar-refractivity contribution is -0.143. The summed E-state index contributed by atoms with van der Waals surface area (Å²) in [7, 11) is 0. The molecule has 2 unspecified atom stereocenters. The summed E-state index contributed by atoms with van der Waals surface area (Å²) in [6.07, 6.45) is 98.4. The van der Waals surface area contributed by atoms with Gasteiger partial charge in [0.05, 0.1) is 25.4 Å². The molecule has 2 atom stereocenters. The van der Waals surface area contributed by atoms with Crippen molar-refractivity contribution in [2.75, 3.05) is 13.2 Å². The van der Waals surface area contributed by atoms with E-state index in [9.17, 15) is 19.8 Å². The van der Waals surface area contributed by atoms with Crippen molar-refractivity contribution < 1.29 is 24.5 Å². The maximum atomic E-state index is 12.6. The predicted molar refractivity (Wildman–Crippen MR) is 384 cm³/mol. The van der Waals surface area contributed by atoms with Crippen LogP contribution in [0.2, 0.25) is 0 Å². The topological polar surface area (TPSA) is 95.9 Å². The third-order valence-electron chi connectivity index (χ3n) is 19.0. The second-order valence-electron chi connectivity index (χ2n) is 27.8. The normalized spacial score (nSPS) is 12.6. The van der Waals surface area contributed by atoms with E-state index in [2.05, 4.69) is 43.5 Å². The predicted octanol–water partition coefficient (Wildman–Crippen LogP) is 26.4. The van der Waals surface area contributed by atoms with E-state index in [0.29, 0.717) is 25.9 Å². The highest BCUT2D eigenvalue weighted by Crippen LogP contribution is 2.20. The molecule has 0 aliphatic carbocycles. The summed E-state index contributed by atoms with van der Waals surface area (Å²) in [6.45, 7) is 4.98. The maximum absolute atomic E-state index is 12.6. The number of hydrogen-bond donors (Lipinski definition) is 3. The molecule has 0 aromatic rings. The molecule has 87 heavy (non-hydrogen) atoms. The van der Waals surface area contributed by atoms with Crippen LogP contribution in [0, 0.1) is 0 Å². The van der Waals surface area contributed by atoms with Gasteiger partial charge in [-0.2, -0.15) is 0 Å². The number of allylic oxidation sites excluding steroid dienone is 4. The van der Waals surface area contributed by atoms with Gasteiger partial charge >= 0.3 is 5.97 Å². The molecule has 3 N–H and O–H groups in total. The van der Waals surface area contributed by atoms with Crippen molar-refractivity contribution in [3.05, 3.63) is 24.3 Å². The highest BCUT2D eigenvalue weighted by atomic mass is 16.5. The van der Waals surface area contributed by atoms with Gasteiger partial charge in [0, 0.05) is 12.8 Å². The molecule has 516 valence electrons. The molecule has 0 aliphatic rings. The van der Waals surface area contributed by atoms with Crippen LogP contribution in [0.15, 0.2) is 24.3 Å². The molecular weight excluding hydrogens is 1070 g/mol. The molecule has 6 nitrogen and oxygen atoms in total. The Morgan fingerprint density at radius 3 is 0.897 bits per heavy atom. The van der Waals surface area contributed by atoms with E-state index >= 15 is 0 Å². The van der Waals surface area contributed by atoms with Gasteiger partial charge in [-0.1, -0.05) is 411 Å². The minimum atomic E-state index is -0.662. The van der Waals surface area contributed by atoms with Crippen LogP contribution < -0.4 is 5.32 Å². The maximum Gasteiger partial charge on any atom is 0.305 e. The molecule has 0 radical (unpaired) electrons. The van der Waals surface area contributed by atoms with E-state index in [1.165, 1.54) is 372 Å². The number of hydrogen-bond acceptors (Lipinski definition) is 5. The van der Waals surface area contributed by atoms with E-state index in [0.717, 1.165) is 51.4 Å². The highest BCUT2D eigenvalue weighted by Gasteiger charge is 2.20. The van der Waals surface area contributed by atoms with E-state index < -0.39 is 12.1 Å². The number of rotatable bonds is 76. The second-order valence-corrected chi connectivity index (χ2v) is 27.8. The number of unbranched alkanes of at least 4 members (excludes halogenated alkanes) is 61. The molecule has 0 saturated carbocycles. The van der Waals surface area contributed by atoms with Crippen LogP contribution in [0.25, 0.3) is 0 Å². The first-order valence-corrected chi connectivity index (χ1v) is 40.1. The van der Waals surface area contributed by atoms with Crippen LogP contribution in [0.3, 0.4) is 0 Å². The molecule has 0 aliphatic heterocycles. The number of carbonyl (C=O) groups is 2. The lowest BCUT2D eigenvalue weighted by atomic mass is 10.0. The Balaban J connectivity index is 3.31. The number of carbonyl (C=O) groups excluding carboxylic acids is 2. The third kappa shape index (κ3) is 73.3. The van der Waals surface area contributed by atoms with Gasteiger partial charge in [-0.15, -0.1) is 0 Å². The summed E-state index contributed by atoms with van der Waals surface area (Å²) in [4.78, 5) is 24.7. The van der Waals surface area contributed by atoms with Crippen molar-refractivity contribution in [1.82, 2.24) is 5.32 Å². The smallest absolute Gasteiger partial charge is 0.305 e. The first-order chi connectivity index (χ1) is 43.0. The molecule has 0 heterocycles. The molecular formula is C81H157NO5. The van der Waals surface area contributed by atoms with Gasteiger partial charge in [-0.25, -0.2) is 0 Å². The Morgan fingerprint density at radius 2 is 0.575 bits per heavy atom. The highest BCUT2D eigenvalue weighted by molar-refractivity contribution is 5.76. The van der Waals surface area contributed by atoms with Crippen molar-refractivity contribution in [3.8, 4) is 0 Å². The van der Waals surface area contributed by atoms with Gasteiger partial charge in [0.1, 0.15) is 0 Å². The van der Waals surface area contributed by atoms with E-state index in [1.54, 1.807) is 0 Å². The van der Waals surface area contributed by atoms with Crippen LogP contribution in [0.5, 0.6) is 0 Å². The Labute approximate surface area is 545 Å².